The van der Waals surface area contributed by atoms with E-state index >= 15 is 0 Å². The molecule has 0 bridgehead atoms. The van der Waals surface area contributed by atoms with Gasteiger partial charge in [-0.05, 0) is 24.6 Å². The average molecular weight is 328 g/mol. The van der Waals surface area contributed by atoms with Crippen molar-refractivity contribution in [2.45, 2.75) is 19.5 Å². The highest BCUT2D eigenvalue weighted by molar-refractivity contribution is 5.82. The van der Waals surface area contributed by atoms with Crippen LogP contribution in [0.15, 0.2) is 36.9 Å². The quantitative estimate of drug-likeness (QED) is 0.812. The van der Waals surface area contributed by atoms with Gasteiger partial charge >= 0.3 is 0 Å². The van der Waals surface area contributed by atoms with E-state index in [-0.39, 0.29) is 11.8 Å². The molecule has 126 valence electrons. The van der Waals surface area contributed by atoms with Gasteiger partial charge in [-0.2, -0.15) is 5.10 Å². The van der Waals surface area contributed by atoms with Gasteiger partial charge in [0.1, 0.15) is 18.7 Å². The highest BCUT2D eigenvalue weighted by Gasteiger charge is 2.17. The first-order chi connectivity index (χ1) is 11.6. The van der Waals surface area contributed by atoms with Gasteiger partial charge in [-0.1, -0.05) is 12.1 Å². The Bertz CT molecular complexity index is 698. The maximum Gasteiger partial charge on any atom is 0.244 e. The molecule has 3 rings (SSSR count). The van der Waals surface area contributed by atoms with E-state index in [4.69, 9.17) is 0 Å². The lowest BCUT2D eigenvalue weighted by molar-refractivity contribution is -0.124. The lowest BCUT2D eigenvalue weighted by atomic mass is 10.1. The van der Waals surface area contributed by atoms with Crippen molar-refractivity contribution in [3.05, 3.63) is 42.5 Å². The van der Waals surface area contributed by atoms with E-state index in [2.05, 4.69) is 20.7 Å². The van der Waals surface area contributed by atoms with E-state index in [1.807, 2.05) is 29.2 Å². The second-order valence-electron chi connectivity index (χ2n) is 5.71. The third-order valence-corrected chi connectivity index (χ3v) is 4.02. The van der Waals surface area contributed by atoms with Crippen molar-refractivity contribution in [1.82, 2.24) is 25.4 Å². The fourth-order valence-electron chi connectivity index (χ4n) is 2.56. The van der Waals surface area contributed by atoms with Crippen molar-refractivity contribution >= 4 is 17.5 Å². The van der Waals surface area contributed by atoms with Crippen molar-refractivity contribution in [2.24, 2.45) is 0 Å². The molecule has 1 aliphatic rings. The number of hydrogen-bond acceptors (Lipinski definition) is 5. The normalized spacial score (nSPS) is 15.7. The summed E-state index contributed by atoms with van der Waals surface area (Å²) in [7, 11) is 0. The summed E-state index contributed by atoms with van der Waals surface area (Å²) >= 11 is 0. The summed E-state index contributed by atoms with van der Waals surface area (Å²) in [5.74, 6) is -0.0723. The molecule has 0 radical (unpaired) electrons. The van der Waals surface area contributed by atoms with Crippen LogP contribution in [-0.4, -0.2) is 46.2 Å². The molecule has 24 heavy (non-hydrogen) atoms. The summed E-state index contributed by atoms with van der Waals surface area (Å²) in [5, 5.41) is 9.66. The predicted octanol–water partition coefficient (Wildman–Crippen LogP) is 0.0917. The zero-order valence-corrected chi connectivity index (χ0v) is 13.5. The molecule has 0 saturated carbocycles. The summed E-state index contributed by atoms with van der Waals surface area (Å²) in [4.78, 5) is 29.4. The fourth-order valence-corrected chi connectivity index (χ4v) is 2.56. The number of benzene rings is 1. The number of aromatic nitrogens is 3. The summed E-state index contributed by atoms with van der Waals surface area (Å²) in [6, 6.07) is 7.46. The molecule has 1 saturated heterocycles. The van der Waals surface area contributed by atoms with Gasteiger partial charge in [0.2, 0.25) is 11.8 Å². The monoisotopic (exact) mass is 328 g/mol. The lowest BCUT2D eigenvalue weighted by Crippen LogP contribution is -2.47. The highest BCUT2D eigenvalue weighted by Crippen LogP contribution is 2.16. The number of hydrogen-bond donors (Lipinski definition) is 2. The summed E-state index contributed by atoms with van der Waals surface area (Å²) < 4.78 is 1.51. The Morgan fingerprint density at radius 2 is 2.17 bits per heavy atom. The smallest absolute Gasteiger partial charge is 0.244 e. The summed E-state index contributed by atoms with van der Waals surface area (Å²) in [5.41, 5.74) is 2.01. The molecule has 1 aromatic carbocycles. The van der Waals surface area contributed by atoms with Gasteiger partial charge in [0, 0.05) is 25.3 Å². The first-order valence-corrected chi connectivity index (χ1v) is 7.86. The molecule has 2 amide bonds. The lowest BCUT2D eigenvalue weighted by Gasteiger charge is -2.28. The van der Waals surface area contributed by atoms with E-state index in [1.165, 1.54) is 17.3 Å². The van der Waals surface area contributed by atoms with Crippen LogP contribution in [0.5, 0.6) is 0 Å². The van der Waals surface area contributed by atoms with Gasteiger partial charge in [0.05, 0.1) is 6.54 Å². The third kappa shape index (κ3) is 3.70. The van der Waals surface area contributed by atoms with E-state index in [0.29, 0.717) is 19.6 Å². The Balaban J connectivity index is 1.54. The van der Waals surface area contributed by atoms with E-state index < -0.39 is 6.04 Å². The van der Waals surface area contributed by atoms with Gasteiger partial charge in [0.15, 0.2) is 0 Å². The maximum atomic E-state index is 12.1. The van der Waals surface area contributed by atoms with Gasteiger partial charge < -0.3 is 15.5 Å². The van der Waals surface area contributed by atoms with Gasteiger partial charge in [-0.25, -0.2) is 9.67 Å². The number of rotatable bonds is 5. The van der Waals surface area contributed by atoms with E-state index in [9.17, 15) is 9.59 Å². The maximum absolute atomic E-state index is 12.1. The molecule has 2 heterocycles. The fraction of sp³-hybridized carbons (Fsp3) is 0.375. The number of amides is 2. The molecule has 0 aliphatic carbocycles. The van der Waals surface area contributed by atoms with Crippen LogP contribution < -0.4 is 15.5 Å². The molecule has 8 nitrogen and oxygen atoms in total. The Morgan fingerprint density at radius 1 is 1.38 bits per heavy atom. The number of carbonyl (C=O) groups is 2. The van der Waals surface area contributed by atoms with Crippen molar-refractivity contribution in [3.63, 3.8) is 0 Å². The first-order valence-electron chi connectivity index (χ1n) is 7.86. The Hall–Kier alpha value is -2.90. The third-order valence-electron chi connectivity index (χ3n) is 4.02. The molecule has 0 spiro atoms. The number of anilines is 1. The Morgan fingerprint density at radius 3 is 2.83 bits per heavy atom. The molecule has 0 unspecified atom stereocenters. The number of nitrogens with one attached hydrogen (secondary N) is 2. The second kappa shape index (κ2) is 7.12. The van der Waals surface area contributed by atoms with Crippen LogP contribution >= 0.6 is 0 Å². The zero-order valence-electron chi connectivity index (χ0n) is 13.5. The highest BCUT2D eigenvalue weighted by atomic mass is 16.2. The molecule has 1 atom stereocenters. The number of piperazine rings is 1. The van der Waals surface area contributed by atoms with Crippen LogP contribution in [0.3, 0.4) is 0 Å². The summed E-state index contributed by atoms with van der Waals surface area (Å²) in [6.45, 7) is 4.06. The molecule has 2 aromatic rings. The molecule has 8 heteroatoms. The molecule has 1 aliphatic heterocycles. The minimum absolute atomic E-state index is 0.0414. The largest absolute Gasteiger partial charge is 0.360 e. The molecular weight excluding hydrogens is 308 g/mol. The minimum atomic E-state index is -0.404. The molecule has 1 aromatic heterocycles. The zero-order chi connectivity index (χ0) is 16.9. The summed E-state index contributed by atoms with van der Waals surface area (Å²) in [6.07, 6.45) is 2.93. The molecular formula is C16H20N6O2. The molecule has 2 N–H and O–H groups in total. The number of carbonyl (C=O) groups excluding carboxylic acids is 2. The first kappa shape index (κ1) is 16.0. The van der Waals surface area contributed by atoms with Crippen molar-refractivity contribution in [3.8, 4) is 0 Å². The van der Waals surface area contributed by atoms with E-state index in [0.717, 1.165) is 17.8 Å². The standard InChI is InChI=1S/C16H20N6O2/c1-12(22-11-17-10-20-22)16(24)19-8-13-2-4-14(5-3-13)21-7-6-18-15(23)9-21/h2-5,10-12H,6-9H2,1H3,(H,18,23)(H,19,24)/t12-/m0/s1. The second-order valence-corrected chi connectivity index (χ2v) is 5.71. The number of nitrogens with zero attached hydrogens (tertiary/aromatic N) is 4. The topological polar surface area (TPSA) is 92.2 Å². The molecule has 1 fully saturated rings. The van der Waals surface area contributed by atoms with Crippen molar-refractivity contribution < 1.29 is 9.59 Å². The van der Waals surface area contributed by atoms with Crippen LogP contribution in [0.4, 0.5) is 5.69 Å². The van der Waals surface area contributed by atoms with Gasteiger partial charge in [0.25, 0.3) is 0 Å². The Kier molecular flexibility index (Phi) is 4.74. The average Bonchev–Trinajstić information content (AvgIpc) is 3.14. The van der Waals surface area contributed by atoms with Crippen LogP contribution in [0, 0.1) is 0 Å². The van der Waals surface area contributed by atoms with Crippen LogP contribution in [0.25, 0.3) is 0 Å². The van der Waals surface area contributed by atoms with Crippen LogP contribution in [-0.2, 0) is 16.1 Å². The van der Waals surface area contributed by atoms with E-state index in [1.54, 1.807) is 6.92 Å². The van der Waals surface area contributed by atoms with Gasteiger partial charge in [-0.15, -0.1) is 0 Å². The SMILES string of the molecule is C[C@@H](C(=O)NCc1ccc(N2CCNC(=O)C2)cc1)n1cncn1. The van der Waals surface area contributed by atoms with Crippen LogP contribution in [0.2, 0.25) is 0 Å². The predicted molar refractivity (Wildman–Crippen MR) is 88.2 cm³/mol. The van der Waals surface area contributed by atoms with Crippen molar-refractivity contribution in [1.29, 1.82) is 0 Å². The van der Waals surface area contributed by atoms with Gasteiger partial charge in [-0.3, -0.25) is 9.59 Å². The Labute approximate surface area is 139 Å². The van der Waals surface area contributed by atoms with Crippen molar-refractivity contribution in [2.75, 3.05) is 24.5 Å². The van der Waals surface area contributed by atoms with Crippen LogP contribution in [0.1, 0.15) is 18.5 Å². The minimum Gasteiger partial charge on any atom is -0.360 e.